The van der Waals surface area contributed by atoms with Crippen LogP contribution in [0.1, 0.15) is 42.9 Å². The minimum absolute atomic E-state index is 0.0903. The summed E-state index contributed by atoms with van der Waals surface area (Å²) in [4.78, 5) is 16.6. The largest absolute Gasteiger partial charge is 0.490 e. The van der Waals surface area contributed by atoms with Crippen LogP contribution in [-0.2, 0) is 11.4 Å². The molecule has 1 unspecified atom stereocenters. The number of halogens is 2. The number of carboxylic acid groups (broad SMARTS) is 1. The van der Waals surface area contributed by atoms with Gasteiger partial charge in [0.05, 0.1) is 16.7 Å². The number of carbonyl (C=O) groups is 1. The molecule has 2 heterocycles. The van der Waals surface area contributed by atoms with Gasteiger partial charge in [-0.25, -0.2) is 0 Å². The number of aliphatic hydroxyl groups excluding tert-OH is 1. The Morgan fingerprint density at radius 3 is 2.36 bits per heavy atom. The maximum Gasteiger partial charge on any atom is 0.325 e. The molecule has 0 aliphatic carbocycles. The van der Waals surface area contributed by atoms with Crippen LogP contribution in [-0.4, -0.2) is 64.3 Å². The number of hydrogen-bond donors (Lipinski definition) is 2. The van der Waals surface area contributed by atoms with E-state index in [2.05, 4.69) is 9.80 Å². The molecule has 2 aliphatic heterocycles. The maximum atomic E-state index is 12.1. The van der Waals surface area contributed by atoms with E-state index in [1.807, 2.05) is 24.3 Å². The predicted molar refractivity (Wildman–Crippen MR) is 129 cm³/mol. The van der Waals surface area contributed by atoms with E-state index in [1.165, 1.54) is 0 Å². The van der Waals surface area contributed by atoms with Crippen LogP contribution in [0.25, 0.3) is 0 Å². The molecule has 0 bridgehead atoms. The average molecular weight is 493 g/mol. The Kier molecular flexibility index (Phi) is 8.15. The highest BCUT2D eigenvalue weighted by Crippen LogP contribution is 2.31. The number of nitrogens with zero attached hydrogens (tertiary/aromatic N) is 2. The van der Waals surface area contributed by atoms with E-state index in [9.17, 15) is 15.0 Å². The van der Waals surface area contributed by atoms with Crippen LogP contribution >= 0.6 is 23.2 Å². The third kappa shape index (κ3) is 6.00. The van der Waals surface area contributed by atoms with Crippen LogP contribution in [0.4, 0.5) is 0 Å². The van der Waals surface area contributed by atoms with E-state index in [4.69, 9.17) is 27.9 Å². The van der Waals surface area contributed by atoms with Crippen molar-refractivity contribution in [3.05, 3.63) is 63.6 Å². The Labute approximate surface area is 204 Å². The molecule has 8 heteroatoms. The fourth-order valence-electron chi connectivity index (χ4n) is 4.98. The Balaban J connectivity index is 1.29. The molecule has 2 fully saturated rings. The van der Waals surface area contributed by atoms with Gasteiger partial charge in [-0.15, -0.1) is 0 Å². The van der Waals surface area contributed by atoms with Crippen molar-refractivity contribution in [2.24, 2.45) is 0 Å². The zero-order valence-electron chi connectivity index (χ0n) is 18.5. The van der Waals surface area contributed by atoms with E-state index in [-0.39, 0.29) is 12.7 Å². The fourth-order valence-corrected chi connectivity index (χ4v) is 5.27. The van der Waals surface area contributed by atoms with Crippen molar-refractivity contribution in [3.8, 4) is 5.75 Å². The number of aliphatic hydroxyl groups is 1. The topological polar surface area (TPSA) is 73.2 Å². The van der Waals surface area contributed by atoms with Crippen molar-refractivity contribution in [2.45, 2.75) is 50.5 Å². The molecule has 1 atom stereocenters. The maximum absolute atomic E-state index is 12.1. The number of hydrogen-bond acceptors (Lipinski definition) is 5. The molecule has 2 saturated heterocycles. The Morgan fingerprint density at radius 1 is 1.00 bits per heavy atom. The summed E-state index contributed by atoms with van der Waals surface area (Å²) >= 11 is 12.1. The summed E-state index contributed by atoms with van der Waals surface area (Å²) in [5.74, 6) is -0.0926. The Hall–Kier alpha value is -1.83. The first-order chi connectivity index (χ1) is 15.9. The first-order valence-electron chi connectivity index (χ1n) is 11.5. The van der Waals surface area contributed by atoms with Crippen molar-refractivity contribution in [1.29, 1.82) is 0 Å². The number of aliphatic carboxylic acids is 1. The lowest BCUT2D eigenvalue weighted by molar-refractivity contribution is -0.144. The number of piperidine rings is 2. The monoisotopic (exact) mass is 492 g/mol. The van der Waals surface area contributed by atoms with Gasteiger partial charge in [-0.3, -0.25) is 9.69 Å². The standard InChI is InChI=1S/C25H30Cl2N2O4/c26-22-5-4-21(15-23(22)27)33-20-8-12-28(13-9-20)19-6-10-29(11-7-19)24(25(31)32)18-3-1-2-17(14-18)16-30/h1-5,14-15,19-20,24,30H,6-13,16H2,(H,31,32). The van der Waals surface area contributed by atoms with Gasteiger partial charge >= 0.3 is 5.97 Å². The highest BCUT2D eigenvalue weighted by Gasteiger charge is 2.34. The fraction of sp³-hybridized carbons (Fsp3) is 0.480. The molecule has 178 valence electrons. The molecule has 0 saturated carbocycles. The van der Waals surface area contributed by atoms with Crippen molar-refractivity contribution in [3.63, 3.8) is 0 Å². The lowest BCUT2D eigenvalue weighted by atomic mass is 9.95. The Bertz CT molecular complexity index is 957. The quantitative estimate of drug-likeness (QED) is 0.587. The second kappa shape index (κ2) is 11.1. The van der Waals surface area contributed by atoms with Crippen molar-refractivity contribution in [1.82, 2.24) is 9.80 Å². The molecule has 0 aromatic heterocycles. The van der Waals surface area contributed by atoms with Gasteiger partial charge in [0, 0.05) is 38.3 Å². The zero-order chi connectivity index (χ0) is 23.4. The summed E-state index contributed by atoms with van der Waals surface area (Å²) in [5, 5.41) is 20.3. The van der Waals surface area contributed by atoms with E-state index >= 15 is 0 Å². The van der Waals surface area contributed by atoms with Crippen molar-refractivity contribution < 1.29 is 19.7 Å². The number of carboxylic acids is 1. The smallest absolute Gasteiger partial charge is 0.325 e. The van der Waals surface area contributed by atoms with E-state index in [0.29, 0.717) is 16.1 Å². The number of rotatable bonds is 7. The second-order valence-electron chi connectivity index (χ2n) is 8.84. The molecule has 2 N–H and O–H groups in total. The molecule has 0 amide bonds. The van der Waals surface area contributed by atoms with E-state index in [1.54, 1.807) is 18.2 Å². The van der Waals surface area contributed by atoms with Crippen LogP contribution in [0.3, 0.4) is 0 Å². The van der Waals surface area contributed by atoms with Gasteiger partial charge < -0.3 is 19.8 Å². The minimum Gasteiger partial charge on any atom is -0.490 e. The number of likely N-dealkylation sites (tertiary alicyclic amines) is 2. The van der Waals surface area contributed by atoms with Crippen LogP contribution in [0.5, 0.6) is 5.75 Å². The lowest BCUT2D eigenvalue weighted by Gasteiger charge is -2.43. The first-order valence-corrected chi connectivity index (χ1v) is 12.2. The molecular formula is C25H30Cl2N2O4. The SMILES string of the molecule is O=C(O)C(c1cccc(CO)c1)N1CCC(N2CCC(Oc3ccc(Cl)c(Cl)c3)CC2)CC1. The van der Waals surface area contributed by atoms with Gasteiger partial charge in [0.1, 0.15) is 17.9 Å². The number of benzene rings is 2. The molecule has 33 heavy (non-hydrogen) atoms. The van der Waals surface area contributed by atoms with Gasteiger partial charge in [-0.1, -0.05) is 47.5 Å². The van der Waals surface area contributed by atoms with Crippen LogP contribution < -0.4 is 4.74 Å². The second-order valence-corrected chi connectivity index (χ2v) is 9.65. The van der Waals surface area contributed by atoms with Crippen LogP contribution in [0.2, 0.25) is 10.0 Å². The molecule has 0 spiro atoms. The summed E-state index contributed by atoms with van der Waals surface area (Å²) in [6.45, 7) is 3.33. The molecule has 0 radical (unpaired) electrons. The normalized spacial score (nSPS) is 20.0. The van der Waals surface area contributed by atoms with Crippen LogP contribution in [0.15, 0.2) is 42.5 Å². The average Bonchev–Trinajstić information content (AvgIpc) is 2.82. The third-order valence-electron chi connectivity index (χ3n) is 6.73. The summed E-state index contributed by atoms with van der Waals surface area (Å²) in [7, 11) is 0. The highest BCUT2D eigenvalue weighted by atomic mass is 35.5. The van der Waals surface area contributed by atoms with E-state index < -0.39 is 12.0 Å². The number of ether oxygens (including phenoxy) is 1. The van der Waals surface area contributed by atoms with Crippen LogP contribution in [0, 0.1) is 0 Å². The van der Waals surface area contributed by atoms with Gasteiger partial charge in [0.2, 0.25) is 0 Å². The molecule has 2 aromatic rings. The third-order valence-corrected chi connectivity index (χ3v) is 7.47. The van der Waals surface area contributed by atoms with Gasteiger partial charge in [-0.05, 0) is 48.9 Å². The molecule has 4 rings (SSSR count). The minimum atomic E-state index is -0.844. The molecule has 2 aromatic carbocycles. The lowest BCUT2D eigenvalue weighted by Crippen LogP contribution is -2.50. The van der Waals surface area contributed by atoms with Crippen molar-refractivity contribution in [2.75, 3.05) is 26.2 Å². The molecule has 6 nitrogen and oxygen atoms in total. The highest BCUT2D eigenvalue weighted by molar-refractivity contribution is 6.42. The zero-order valence-corrected chi connectivity index (χ0v) is 20.0. The molecular weight excluding hydrogens is 463 g/mol. The van der Waals surface area contributed by atoms with Gasteiger partial charge in [0.25, 0.3) is 0 Å². The van der Waals surface area contributed by atoms with Gasteiger partial charge in [-0.2, -0.15) is 0 Å². The van der Waals surface area contributed by atoms with Gasteiger partial charge in [0.15, 0.2) is 0 Å². The summed E-state index contributed by atoms with van der Waals surface area (Å²) in [6.07, 6.45) is 3.95. The Morgan fingerprint density at radius 2 is 1.73 bits per heavy atom. The van der Waals surface area contributed by atoms with Crippen molar-refractivity contribution >= 4 is 29.2 Å². The summed E-state index contributed by atoms with van der Waals surface area (Å²) in [5.41, 5.74) is 1.47. The predicted octanol–water partition coefficient (Wildman–Crippen LogP) is 4.62. The summed E-state index contributed by atoms with van der Waals surface area (Å²) < 4.78 is 6.11. The first kappa shape index (κ1) is 24.3. The van der Waals surface area contributed by atoms with E-state index in [0.717, 1.165) is 68.7 Å². The molecule has 2 aliphatic rings. The summed E-state index contributed by atoms with van der Waals surface area (Å²) in [6, 6.07) is 12.4.